The van der Waals surface area contributed by atoms with E-state index in [0.717, 1.165) is 13.1 Å². The standard InChI is InChI=1S/C13H19N3O2.ClH/c1-3-16-8-11(4-5-12(16)17)15-13(18)9(2)10-6-14-7-10;/h4-5,8-10,14H,3,6-7H2,1-2H3,(H,15,18);1H. The van der Waals surface area contributed by atoms with Crippen LogP contribution in [0.3, 0.4) is 0 Å². The van der Waals surface area contributed by atoms with Gasteiger partial charge in [-0.25, -0.2) is 0 Å². The maximum atomic E-state index is 12.0. The first kappa shape index (κ1) is 15.7. The Morgan fingerprint density at radius 1 is 1.53 bits per heavy atom. The Labute approximate surface area is 118 Å². The van der Waals surface area contributed by atoms with Gasteiger partial charge >= 0.3 is 0 Å². The lowest BCUT2D eigenvalue weighted by Gasteiger charge is -2.31. The maximum absolute atomic E-state index is 12.0. The second-order valence-corrected chi connectivity index (χ2v) is 4.74. The monoisotopic (exact) mass is 285 g/mol. The Hall–Kier alpha value is -1.33. The van der Waals surface area contributed by atoms with Gasteiger partial charge in [-0.15, -0.1) is 12.4 Å². The Bertz CT molecular complexity index is 497. The second-order valence-electron chi connectivity index (χ2n) is 4.74. The normalized spacial score (nSPS) is 16.1. The van der Waals surface area contributed by atoms with Crippen molar-refractivity contribution in [3.05, 3.63) is 28.7 Å². The van der Waals surface area contributed by atoms with E-state index in [1.807, 2.05) is 13.8 Å². The zero-order valence-electron chi connectivity index (χ0n) is 11.2. The lowest BCUT2D eigenvalue weighted by molar-refractivity contribution is -0.121. The maximum Gasteiger partial charge on any atom is 0.250 e. The highest BCUT2D eigenvalue weighted by molar-refractivity contribution is 5.92. The van der Waals surface area contributed by atoms with Crippen LogP contribution in [0.25, 0.3) is 0 Å². The van der Waals surface area contributed by atoms with Crippen LogP contribution < -0.4 is 16.2 Å². The van der Waals surface area contributed by atoms with Crippen LogP contribution in [0.15, 0.2) is 23.1 Å². The Morgan fingerprint density at radius 3 is 2.74 bits per heavy atom. The van der Waals surface area contributed by atoms with E-state index in [-0.39, 0.29) is 29.8 Å². The van der Waals surface area contributed by atoms with E-state index >= 15 is 0 Å². The number of halogens is 1. The molecule has 0 bridgehead atoms. The molecule has 19 heavy (non-hydrogen) atoms. The number of nitrogens with zero attached hydrogens (tertiary/aromatic N) is 1. The molecule has 0 aromatic carbocycles. The summed E-state index contributed by atoms with van der Waals surface area (Å²) in [7, 11) is 0. The van der Waals surface area contributed by atoms with E-state index in [0.29, 0.717) is 18.2 Å². The largest absolute Gasteiger partial charge is 0.325 e. The van der Waals surface area contributed by atoms with Gasteiger partial charge in [-0.2, -0.15) is 0 Å². The minimum absolute atomic E-state index is 0. The molecule has 2 heterocycles. The number of aromatic nitrogens is 1. The molecule has 1 saturated heterocycles. The van der Waals surface area contributed by atoms with Crippen molar-refractivity contribution < 1.29 is 4.79 Å². The molecule has 6 heteroatoms. The van der Waals surface area contributed by atoms with Crippen molar-refractivity contribution in [1.82, 2.24) is 9.88 Å². The van der Waals surface area contributed by atoms with E-state index in [1.165, 1.54) is 6.07 Å². The number of rotatable bonds is 4. The van der Waals surface area contributed by atoms with Crippen LogP contribution in [0.4, 0.5) is 5.69 Å². The highest BCUT2D eigenvalue weighted by Crippen LogP contribution is 2.17. The van der Waals surface area contributed by atoms with Gasteiger partial charge in [0.1, 0.15) is 0 Å². The van der Waals surface area contributed by atoms with Gasteiger partial charge in [-0.3, -0.25) is 9.59 Å². The fourth-order valence-corrected chi connectivity index (χ4v) is 1.99. The molecule has 1 aromatic rings. The molecule has 0 saturated carbocycles. The number of pyridine rings is 1. The van der Waals surface area contributed by atoms with Crippen LogP contribution in [-0.4, -0.2) is 23.6 Å². The van der Waals surface area contributed by atoms with Crippen molar-refractivity contribution in [2.45, 2.75) is 20.4 Å². The summed E-state index contributed by atoms with van der Waals surface area (Å²) < 4.78 is 1.57. The molecule has 0 aliphatic carbocycles. The van der Waals surface area contributed by atoms with Crippen LogP contribution in [0, 0.1) is 11.8 Å². The second kappa shape index (κ2) is 6.73. The molecule has 1 atom stereocenters. The number of nitrogens with one attached hydrogen (secondary N) is 2. The predicted molar refractivity (Wildman–Crippen MR) is 77.8 cm³/mol. The third-order valence-electron chi connectivity index (χ3n) is 3.53. The minimum atomic E-state index is -0.0493. The van der Waals surface area contributed by atoms with E-state index in [2.05, 4.69) is 10.6 Å². The van der Waals surface area contributed by atoms with Crippen molar-refractivity contribution in [2.75, 3.05) is 18.4 Å². The summed E-state index contributed by atoms with van der Waals surface area (Å²) in [5.74, 6) is 0.429. The van der Waals surface area contributed by atoms with Crippen LogP contribution >= 0.6 is 12.4 Å². The number of carbonyl (C=O) groups is 1. The number of hydrogen-bond acceptors (Lipinski definition) is 3. The summed E-state index contributed by atoms with van der Waals surface area (Å²) in [5, 5.41) is 6.03. The Kier molecular flexibility index (Phi) is 5.57. The zero-order chi connectivity index (χ0) is 13.1. The molecule has 1 aliphatic rings. The summed E-state index contributed by atoms with van der Waals surface area (Å²) in [4.78, 5) is 23.4. The van der Waals surface area contributed by atoms with Gasteiger partial charge in [0.2, 0.25) is 5.91 Å². The lowest BCUT2D eigenvalue weighted by atomic mass is 9.88. The van der Waals surface area contributed by atoms with Crippen molar-refractivity contribution in [1.29, 1.82) is 0 Å². The van der Waals surface area contributed by atoms with Gasteiger partial charge in [-0.05, 0) is 32.0 Å². The van der Waals surface area contributed by atoms with Crippen LogP contribution in [0.2, 0.25) is 0 Å². The third kappa shape index (κ3) is 3.58. The summed E-state index contributed by atoms with van der Waals surface area (Å²) in [6, 6.07) is 3.13. The molecule has 106 valence electrons. The number of carbonyl (C=O) groups excluding carboxylic acids is 1. The third-order valence-corrected chi connectivity index (χ3v) is 3.53. The molecule has 1 aliphatic heterocycles. The predicted octanol–water partition coefficient (Wildman–Crippen LogP) is 1.08. The molecule has 2 rings (SSSR count). The Morgan fingerprint density at radius 2 is 2.21 bits per heavy atom. The number of anilines is 1. The van der Waals surface area contributed by atoms with Gasteiger partial charge in [-0.1, -0.05) is 6.92 Å². The average molecular weight is 286 g/mol. The molecule has 1 fully saturated rings. The van der Waals surface area contributed by atoms with E-state index in [4.69, 9.17) is 0 Å². The smallest absolute Gasteiger partial charge is 0.250 e. The van der Waals surface area contributed by atoms with Gasteiger partial charge < -0.3 is 15.2 Å². The number of hydrogen-bond donors (Lipinski definition) is 2. The SMILES string of the molecule is CCn1cc(NC(=O)C(C)C2CNC2)ccc1=O.Cl. The minimum Gasteiger partial charge on any atom is -0.325 e. The summed E-state index contributed by atoms with van der Waals surface area (Å²) >= 11 is 0. The van der Waals surface area contributed by atoms with Crippen molar-refractivity contribution in [3.63, 3.8) is 0 Å². The molecule has 2 N–H and O–H groups in total. The van der Waals surface area contributed by atoms with Gasteiger partial charge in [0.05, 0.1) is 5.69 Å². The first-order chi connectivity index (χ1) is 8.61. The quantitative estimate of drug-likeness (QED) is 0.870. The van der Waals surface area contributed by atoms with Gasteiger partial charge in [0, 0.05) is 24.7 Å². The summed E-state index contributed by atoms with van der Waals surface area (Å²) in [5.41, 5.74) is 0.632. The van der Waals surface area contributed by atoms with Crippen LogP contribution in [-0.2, 0) is 11.3 Å². The molecule has 1 amide bonds. The van der Waals surface area contributed by atoms with Crippen molar-refractivity contribution in [2.24, 2.45) is 11.8 Å². The molecule has 5 nitrogen and oxygen atoms in total. The van der Waals surface area contributed by atoms with Crippen molar-refractivity contribution >= 4 is 24.0 Å². The molecular formula is C13H20ClN3O2. The summed E-state index contributed by atoms with van der Waals surface area (Å²) in [6.07, 6.45) is 1.69. The molecule has 0 radical (unpaired) electrons. The molecule has 0 spiro atoms. The van der Waals surface area contributed by atoms with Crippen LogP contribution in [0.5, 0.6) is 0 Å². The Balaban J connectivity index is 0.00000180. The zero-order valence-corrected chi connectivity index (χ0v) is 12.0. The van der Waals surface area contributed by atoms with E-state index in [9.17, 15) is 9.59 Å². The molecule has 1 unspecified atom stereocenters. The fourth-order valence-electron chi connectivity index (χ4n) is 1.99. The highest BCUT2D eigenvalue weighted by Gasteiger charge is 2.28. The fraction of sp³-hybridized carbons (Fsp3) is 0.538. The number of amides is 1. The topological polar surface area (TPSA) is 63.1 Å². The van der Waals surface area contributed by atoms with E-state index in [1.54, 1.807) is 16.8 Å². The molecular weight excluding hydrogens is 266 g/mol. The lowest BCUT2D eigenvalue weighted by Crippen LogP contribution is -2.48. The molecule has 1 aromatic heterocycles. The first-order valence-electron chi connectivity index (χ1n) is 6.34. The summed E-state index contributed by atoms with van der Waals surface area (Å²) in [6.45, 7) is 6.25. The highest BCUT2D eigenvalue weighted by atomic mass is 35.5. The van der Waals surface area contributed by atoms with E-state index < -0.39 is 0 Å². The van der Waals surface area contributed by atoms with Crippen molar-refractivity contribution in [3.8, 4) is 0 Å². The number of aryl methyl sites for hydroxylation is 1. The van der Waals surface area contributed by atoms with Gasteiger partial charge in [0.15, 0.2) is 0 Å². The average Bonchev–Trinajstić information content (AvgIpc) is 2.29. The van der Waals surface area contributed by atoms with Gasteiger partial charge in [0.25, 0.3) is 5.56 Å². The van der Waals surface area contributed by atoms with Crippen LogP contribution in [0.1, 0.15) is 13.8 Å². The first-order valence-corrected chi connectivity index (χ1v) is 6.34.